The fourth-order valence-electron chi connectivity index (χ4n) is 2.43. The number of nitrogens with one attached hydrogen (secondary N) is 1. The molecule has 0 aliphatic rings. The molecule has 0 saturated heterocycles. The van der Waals surface area contributed by atoms with E-state index in [4.69, 9.17) is 20.8 Å². The van der Waals surface area contributed by atoms with Crippen LogP contribution in [0.1, 0.15) is 17.5 Å². The van der Waals surface area contributed by atoms with Gasteiger partial charge in [-0.15, -0.1) is 0 Å². The van der Waals surface area contributed by atoms with Gasteiger partial charge in [0.1, 0.15) is 5.58 Å². The van der Waals surface area contributed by atoms with Crippen molar-refractivity contribution < 1.29 is 23.7 Å². The van der Waals surface area contributed by atoms with E-state index >= 15 is 0 Å². The summed E-state index contributed by atoms with van der Waals surface area (Å²) in [6.45, 7) is 1.29. The van der Waals surface area contributed by atoms with Gasteiger partial charge in [0.15, 0.2) is 11.5 Å². The second-order valence-corrected chi connectivity index (χ2v) is 6.34. The first kappa shape index (κ1) is 20.0. The van der Waals surface area contributed by atoms with Crippen molar-refractivity contribution in [2.24, 2.45) is 0 Å². The largest absolute Gasteiger partial charge is 0.449 e. The van der Waals surface area contributed by atoms with Crippen LogP contribution in [0.2, 0.25) is 5.02 Å². The Morgan fingerprint density at radius 2 is 1.93 bits per heavy atom. The minimum atomic E-state index is -1.30. The van der Waals surface area contributed by atoms with Gasteiger partial charge in [-0.25, -0.2) is 4.79 Å². The maximum absolute atomic E-state index is 12.3. The Labute approximate surface area is 168 Å². The quantitative estimate of drug-likeness (QED) is 0.382. The van der Waals surface area contributed by atoms with Gasteiger partial charge in [0, 0.05) is 18.2 Å². The summed E-state index contributed by atoms with van der Waals surface area (Å²) in [6.07, 6.45) is -1.30. The van der Waals surface area contributed by atoms with Crippen molar-refractivity contribution in [1.29, 1.82) is 0 Å². The highest BCUT2D eigenvalue weighted by Crippen LogP contribution is 2.27. The number of non-ortho nitro benzene ring substituents is 1. The Bertz CT molecular complexity index is 1190. The molecule has 0 bridgehead atoms. The average molecular weight is 417 g/mol. The normalized spacial score (nSPS) is 11.7. The summed E-state index contributed by atoms with van der Waals surface area (Å²) < 4.78 is 10.4. The predicted molar refractivity (Wildman–Crippen MR) is 104 cm³/mol. The molecule has 0 fully saturated rings. The molecule has 1 N–H and O–H groups in total. The molecule has 29 heavy (non-hydrogen) atoms. The van der Waals surface area contributed by atoms with E-state index in [-0.39, 0.29) is 27.7 Å². The number of benzene rings is 2. The standard InChI is InChI=1S/C19H13ClN2O7/c1-10(18(24)21-14-8-11(22(26)27)6-7-13(14)20)28-19(25)17-9-15(23)12-4-2-3-5-16(12)29-17/h2-10H,1H3,(H,21,24). The van der Waals surface area contributed by atoms with Crippen LogP contribution in [-0.2, 0) is 9.53 Å². The lowest BCUT2D eigenvalue weighted by atomic mass is 10.2. The van der Waals surface area contributed by atoms with Crippen LogP contribution < -0.4 is 10.7 Å². The third kappa shape index (κ3) is 4.41. The van der Waals surface area contributed by atoms with Gasteiger partial charge >= 0.3 is 5.97 Å². The Kier molecular flexibility index (Phi) is 5.60. The van der Waals surface area contributed by atoms with E-state index in [1.54, 1.807) is 18.2 Å². The van der Waals surface area contributed by atoms with Crippen molar-refractivity contribution >= 4 is 45.8 Å². The van der Waals surface area contributed by atoms with E-state index in [0.29, 0.717) is 5.39 Å². The molecule has 0 aliphatic carbocycles. The maximum atomic E-state index is 12.3. The fourth-order valence-corrected chi connectivity index (χ4v) is 2.60. The van der Waals surface area contributed by atoms with Gasteiger partial charge in [-0.1, -0.05) is 23.7 Å². The molecule has 1 amide bonds. The van der Waals surface area contributed by atoms with E-state index in [2.05, 4.69) is 5.32 Å². The van der Waals surface area contributed by atoms with Crippen LogP contribution in [0, 0.1) is 10.1 Å². The lowest BCUT2D eigenvalue weighted by molar-refractivity contribution is -0.384. The van der Waals surface area contributed by atoms with Crippen molar-refractivity contribution in [1.82, 2.24) is 0 Å². The van der Waals surface area contributed by atoms with E-state index in [1.807, 2.05) is 0 Å². The van der Waals surface area contributed by atoms with Crippen molar-refractivity contribution in [2.75, 3.05) is 5.32 Å². The minimum Gasteiger partial charge on any atom is -0.449 e. The highest BCUT2D eigenvalue weighted by Gasteiger charge is 2.23. The molecule has 1 heterocycles. The number of nitro groups is 1. The SMILES string of the molecule is CC(OC(=O)c1cc(=O)c2ccccc2o1)C(=O)Nc1cc([N+](=O)[O-])ccc1Cl. The van der Waals surface area contributed by atoms with E-state index in [9.17, 15) is 24.5 Å². The zero-order chi connectivity index (χ0) is 21.1. The Morgan fingerprint density at radius 3 is 2.66 bits per heavy atom. The number of hydrogen-bond acceptors (Lipinski definition) is 7. The summed E-state index contributed by atoms with van der Waals surface area (Å²) in [4.78, 5) is 46.8. The minimum absolute atomic E-state index is 0.00833. The molecule has 10 heteroatoms. The summed E-state index contributed by atoms with van der Waals surface area (Å²) in [7, 11) is 0. The molecule has 1 unspecified atom stereocenters. The molecule has 0 spiro atoms. The molecule has 2 aromatic carbocycles. The van der Waals surface area contributed by atoms with Gasteiger partial charge in [0.25, 0.3) is 11.6 Å². The monoisotopic (exact) mass is 416 g/mol. The summed E-state index contributed by atoms with van der Waals surface area (Å²) >= 11 is 5.93. The lowest BCUT2D eigenvalue weighted by Crippen LogP contribution is -2.30. The molecule has 1 atom stereocenters. The number of esters is 1. The second-order valence-electron chi connectivity index (χ2n) is 5.93. The number of rotatable bonds is 5. The van der Waals surface area contributed by atoms with Crippen LogP contribution in [0.5, 0.6) is 0 Å². The van der Waals surface area contributed by atoms with Crippen molar-refractivity contribution in [2.45, 2.75) is 13.0 Å². The zero-order valence-electron chi connectivity index (χ0n) is 14.9. The van der Waals surface area contributed by atoms with E-state index in [1.165, 1.54) is 25.1 Å². The van der Waals surface area contributed by atoms with E-state index < -0.39 is 28.3 Å². The summed E-state index contributed by atoms with van der Waals surface area (Å²) in [6, 6.07) is 10.9. The van der Waals surface area contributed by atoms with Crippen LogP contribution in [0.25, 0.3) is 11.0 Å². The Balaban J connectivity index is 1.75. The van der Waals surface area contributed by atoms with Gasteiger partial charge in [0.05, 0.1) is 21.0 Å². The third-order valence-corrected chi connectivity index (χ3v) is 4.24. The average Bonchev–Trinajstić information content (AvgIpc) is 2.69. The van der Waals surface area contributed by atoms with Crippen LogP contribution in [0.15, 0.2) is 57.7 Å². The number of para-hydroxylation sites is 1. The molecule has 0 saturated carbocycles. The molecular formula is C19H13ClN2O7. The third-order valence-electron chi connectivity index (χ3n) is 3.91. The van der Waals surface area contributed by atoms with Gasteiger partial charge < -0.3 is 14.5 Å². The fraction of sp³-hybridized carbons (Fsp3) is 0.105. The highest BCUT2D eigenvalue weighted by atomic mass is 35.5. The van der Waals surface area contributed by atoms with Gasteiger partial charge in [-0.2, -0.15) is 0 Å². The van der Waals surface area contributed by atoms with Gasteiger partial charge in [-0.3, -0.25) is 19.7 Å². The van der Waals surface area contributed by atoms with Crippen molar-refractivity contribution in [3.63, 3.8) is 0 Å². The molecule has 0 aliphatic heterocycles. The number of nitro benzene ring substituents is 1. The first-order valence-corrected chi connectivity index (χ1v) is 8.62. The molecule has 3 aromatic rings. The molecular weight excluding hydrogens is 404 g/mol. The number of hydrogen-bond donors (Lipinski definition) is 1. The molecule has 1 aromatic heterocycles. The topological polar surface area (TPSA) is 129 Å². The van der Waals surface area contributed by atoms with Crippen LogP contribution >= 0.6 is 11.6 Å². The summed E-state index contributed by atoms with van der Waals surface area (Å²) in [5.41, 5.74) is -0.509. The van der Waals surface area contributed by atoms with Crippen LogP contribution in [-0.4, -0.2) is 22.9 Å². The second kappa shape index (κ2) is 8.11. The Morgan fingerprint density at radius 1 is 1.21 bits per heavy atom. The smallest absolute Gasteiger partial charge is 0.375 e. The highest BCUT2D eigenvalue weighted by molar-refractivity contribution is 6.33. The first-order valence-electron chi connectivity index (χ1n) is 8.25. The molecule has 148 valence electrons. The Hall–Kier alpha value is -3.72. The number of carbonyl (C=O) groups is 2. The van der Waals surface area contributed by atoms with Gasteiger partial charge in [-0.05, 0) is 25.1 Å². The number of nitrogens with zero attached hydrogens (tertiary/aromatic N) is 1. The van der Waals surface area contributed by atoms with Crippen molar-refractivity contribution in [3.8, 4) is 0 Å². The van der Waals surface area contributed by atoms with Crippen LogP contribution in [0.3, 0.4) is 0 Å². The number of anilines is 1. The molecule has 9 nitrogen and oxygen atoms in total. The summed E-state index contributed by atoms with van der Waals surface area (Å²) in [5, 5.41) is 13.6. The van der Waals surface area contributed by atoms with Gasteiger partial charge in [0.2, 0.25) is 5.76 Å². The number of halogens is 1. The lowest BCUT2D eigenvalue weighted by Gasteiger charge is -2.14. The number of carbonyl (C=O) groups excluding carboxylic acids is 2. The van der Waals surface area contributed by atoms with E-state index in [0.717, 1.165) is 12.1 Å². The van der Waals surface area contributed by atoms with Crippen molar-refractivity contribution in [3.05, 3.63) is 79.7 Å². The molecule has 0 radical (unpaired) electrons. The number of ether oxygens (including phenoxy) is 1. The predicted octanol–water partition coefficient (Wildman–Crippen LogP) is 3.54. The number of fused-ring (bicyclic) bond motifs is 1. The zero-order valence-corrected chi connectivity index (χ0v) is 15.6. The number of amides is 1. The molecule has 3 rings (SSSR count). The van der Waals surface area contributed by atoms with Crippen LogP contribution in [0.4, 0.5) is 11.4 Å². The summed E-state index contributed by atoms with van der Waals surface area (Å²) in [5.74, 6) is -2.15. The first-order chi connectivity index (χ1) is 13.8. The maximum Gasteiger partial charge on any atom is 0.375 e.